The zero-order valence-electron chi connectivity index (χ0n) is 14.0. The Morgan fingerprint density at radius 3 is 2.48 bits per heavy atom. The second-order valence-corrected chi connectivity index (χ2v) is 7.86. The maximum Gasteiger partial charge on any atom is 0.226 e. The number of carbonyl (C=O) groups is 1. The molecule has 1 fully saturated rings. The minimum Gasteiger partial charge on any atom is -0.385 e. The summed E-state index contributed by atoms with van der Waals surface area (Å²) in [6, 6.07) is 9.75. The summed E-state index contributed by atoms with van der Waals surface area (Å²) in [5, 5.41) is 11.3. The zero-order valence-corrected chi connectivity index (χ0v) is 14.0. The molecule has 0 bridgehead atoms. The molecule has 3 heteroatoms. The molecule has 0 radical (unpaired) electrons. The van der Waals surface area contributed by atoms with Crippen LogP contribution < -0.4 is 0 Å². The second kappa shape index (κ2) is 5.04. The summed E-state index contributed by atoms with van der Waals surface area (Å²) in [6.45, 7) is 13.3. The van der Waals surface area contributed by atoms with Gasteiger partial charge in [0.2, 0.25) is 5.70 Å². The van der Waals surface area contributed by atoms with Crippen LogP contribution in [0.1, 0.15) is 45.6 Å². The molecular weight excluding hydrogens is 286 g/mol. The molecule has 0 aromatic heterocycles. The van der Waals surface area contributed by atoms with Gasteiger partial charge in [0, 0.05) is 5.41 Å². The van der Waals surface area contributed by atoms with E-state index in [0.717, 1.165) is 12.0 Å². The summed E-state index contributed by atoms with van der Waals surface area (Å²) in [4.78, 5) is 16.0. The molecule has 23 heavy (non-hydrogen) atoms. The molecule has 0 aliphatic heterocycles. The van der Waals surface area contributed by atoms with Crippen molar-refractivity contribution < 1.29 is 9.90 Å². The van der Waals surface area contributed by atoms with Gasteiger partial charge in [0.1, 0.15) is 0 Å². The van der Waals surface area contributed by atoms with Gasteiger partial charge in [-0.3, -0.25) is 0 Å². The Balaban J connectivity index is 2.06. The molecule has 3 nitrogen and oxygen atoms in total. The highest BCUT2D eigenvalue weighted by atomic mass is 16.3. The Kier molecular flexibility index (Phi) is 3.50. The highest BCUT2D eigenvalue weighted by Crippen LogP contribution is 2.59. The van der Waals surface area contributed by atoms with Gasteiger partial charge in [0.25, 0.3) is 0 Å². The number of nitrogens with zero attached hydrogens (tertiary/aromatic N) is 1. The third-order valence-electron chi connectivity index (χ3n) is 5.90. The maximum absolute atomic E-state index is 12.6. The van der Waals surface area contributed by atoms with Crippen molar-refractivity contribution in [1.82, 2.24) is 0 Å². The van der Waals surface area contributed by atoms with Gasteiger partial charge < -0.3 is 9.90 Å². The topological polar surface area (TPSA) is 41.7 Å². The monoisotopic (exact) mass is 309 g/mol. The Bertz CT molecular complexity index is 713. The molecule has 3 rings (SSSR count). The first-order valence-corrected chi connectivity index (χ1v) is 8.16. The van der Waals surface area contributed by atoms with Crippen LogP contribution in [0.15, 0.2) is 42.1 Å². The average Bonchev–Trinajstić information content (AvgIpc) is 2.51. The van der Waals surface area contributed by atoms with Gasteiger partial charge in [0.15, 0.2) is 5.78 Å². The fraction of sp³-hybridized carbons (Fsp3) is 0.500. The minimum atomic E-state index is -0.896. The molecule has 3 atom stereocenters. The van der Waals surface area contributed by atoms with Crippen molar-refractivity contribution >= 4 is 5.78 Å². The van der Waals surface area contributed by atoms with E-state index in [-0.39, 0.29) is 22.8 Å². The number of ketones is 1. The first-order chi connectivity index (χ1) is 10.7. The lowest BCUT2D eigenvalue weighted by Gasteiger charge is -2.54. The second-order valence-electron chi connectivity index (χ2n) is 7.86. The first kappa shape index (κ1) is 16.0. The Labute approximate surface area is 137 Å². The molecule has 2 aliphatic carbocycles. The molecule has 120 valence electrons. The van der Waals surface area contributed by atoms with Gasteiger partial charge in [-0.15, -0.1) is 0 Å². The molecule has 1 aromatic rings. The van der Waals surface area contributed by atoms with Crippen LogP contribution in [0, 0.1) is 23.3 Å². The van der Waals surface area contributed by atoms with Gasteiger partial charge in [-0.2, -0.15) is 0 Å². The molecule has 0 amide bonds. The number of fused-ring (bicyclic) bond motifs is 1. The molecule has 0 saturated heterocycles. The number of carbonyl (C=O) groups excluding carboxylic acids is 1. The molecule has 1 N–H and O–H groups in total. The lowest BCUT2D eigenvalue weighted by Crippen LogP contribution is -2.52. The minimum absolute atomic E-state index is 0.0554. The number of allylic oxidation sites excluding steroid dienone is 2. The van der Waals surface area contributed by atoms with Crippen molar-refractivity contribution in [2.75, 3.05) is 0 Å². The molecule has 0 unspecified atom stereocenters. The average molecular weight is 309 g/mol. The van der Waals surface area contributed by atoms with Crippen LogP contribution in [0.2, 0.25) is 0 Å². The van der Waals surface area contributed by atoms with Crippen LogP contribution in [0.3, 0.4) is 0 Å². The summed E-state index contributed by atoms with van der Waals surface area (Å²) >= 11 is 0. The van der Waals surface area contributed by atoms with Gasteiger partial charge in [-0.1, -0.05) is 57.2 Å². The van der Waals surface area contributed by atoms with E-state index < -0.39 is 11.0 Å². The van der Waals surface area contributed by atoms with Crippen molar-refractivity contribution in [2.24, 2.45) is 16.7 Å². The van der Waals surface area contributed by atoms with Crippen LogP contribution in [-0.4, -0.2) is 10.9 Å². The number of benzene rings is 1. The number of Topliss-reactive ketones (excluding diaryl/α,β-unsaturated/α-hetero) is 1. The van der Waals surface area contributed by atoms with E-state index in [1.807, 2.05) is 50.3 Å². The van der Waals surface area contributed by atoms with Gasteiger partial charge in [0.05, 0.1) is 12.2 Å². The predicted molar refractivity (Wildman–Crippen MR) is 89.3 cm³/mol. The molecule has 2 aliphatic rings. The lowest BCUT2D eigenvalue weighted by molar-refractivity contribution is -0.138. The van der Waals surface area contributed by atoms with E-state index in [0.29, 0.717) is 12.8 Å². The Hall–Kier alpha value is -1.92. The van der Waals surface area contributed by atoms with Gasteiger partial charge in [-0.25, -0.2) is 4.85 Å². The largest absolute Gasteiger partial charge is 0.385 e. The Morgan fingerprint density at radius 1 is 1.22 bits per heavy atom. The third kappa shape index (κ3) is 2.33. The molecule has 1 aromatic carbocycles. The maximum atomic E-state index is 12.6. The van der Waals surface area contributed by atoms with Gasteiger partial charge in [-0.05, 0) is 36.2 Å². The summed E-state index contributed by atoms with van der Waals surface area (Å²) in [7, 11) is 0. The summed E-state index contributed by atoms with van der Waals surface area (Å²) in [5.74, 6) is 0.0945. The number of hydrogen-bond acceptors (Lipinski definition) is 2. The van der Waals surface area contributed by atoms with E-state index >= 15 is 0 Å². The number of hydrogen-bond donors (Lipinski definition) is 1. The number of aliphatic hydroxyl groups is 1. The van der Waals surface area contributed by atoms with E-state index in [1.54, 1.807) is 0 Å². The molecule has 1 saturated carbocycles. The van der Waals surface area contributed by atoms with Gasteiger partial charge >= 0.3 is 0 Å². The SMILES string of the molecule is [C-]#[N+]C1=C[C@@]2(C)C[C@](O)(c3ccccc3)CC[C@@H]2C(C)(C)C1=O. The van der Waals surface area contributed by atoms with E-state index in [1.165, 1.54) is 0 Å². The van der Waals surface area contributed by atoms with Crippen LogP contribution in [0.5, 0.6) is 0 Å². The highest BCUT2D eigenvalue weighted by molar-refractivity contribution is 6.02. The molecular formula is C20H23NO2. The summed E-state index contributed by atoms with van der Waals surface area (Å²) in [5.41, 5.74) is -0.646. The van der Waals surface area contributed by atoms with Crippen LogP contribution >= 0.6 is 0 Å². The van der Waals surface area contributed by atoms with Crippen LogP contribution in [0.4, 0.5) is 0 Å². The van der Waals surface area contributed by atoms with E-state index in [4.69, 9.17) is 6.57 Å². The first-order valence-electron chi connectivity index (χ1n) is 8.16. The van der Waals surface area contributed by atoms with Crippen molar-refractivity contribution in [3.05, 3.63) is 59.1 Å². The summed E-state index contributed by atoms with van der Waals surface area (Å²) < 4.78 is 0. The van der Waals surface area contributed by atoms with E-state index in [2.05, 4.69) is 11.8 Å². The smallest absolute Gasteiger partial charge is 0.226 e. The third-order valence-corrected chi connectivity index (χ3v) is 5.90. The number of rotatable bonds is 1. The van der Waals surface area contributed by atoms with E-state index in [9.17, 15) is 9.90 Å². The van der Waals surface area contributed by atoms with Crippen molar-refractivity contribution in [3.8, 4) is 0 Å². The van der Waals surface area contributed by atoms with Crippen molar-refractivity contribution in [1.29, 1.82) is 0 Å². The van der Waals surface area contributed by atoms with Crippen molar-refractivity contribution in [3.63, 3.8) is 0 Å². The zero-order chi connectivity index (χ0) is 16.9. The quantitative estimate of drug-likeness (QED) is 0.794. The van der Waals surface area contributed by atoms with Crippen LogP contribution in [0.25, 0.3) is 4.85 Å². The molecule has 0 spiro atoms. The van der Waals surface area contributed by atoms with Crippen molar-refractivity contribution in [2.45, 2.75) is 45.6 Å². The summed E-state index contributed by atoms with van der Waals surface area (Å²) in [6.07, 6.45) is 3.80. The predicted octanol–water partition coefficient (Wildman–Crippen LogP) is 4.09. The standard InChI is InChI=1S/C20H23NO2/c1-18(2)16-10-11-20(23,14-8-6-5-7-9-14)13-19(16,3)12-15(21-4)17(18)22/h5-9,12,16,23H,10-11,13H2,1-3H3/t16-,19+,20+/m1/s1. The van der Waals surface area contributed by atoms with Crippen LogP contribution in [-0.2, 0) is 10.4 Å². The fourth-order valence-corrected chi connectivity index (χ4v) is 4.84. The Morgan fingerprint density at radius 2 is 1.87 bits per heavy atom. The lowest BCUT2D eigenvalue weighted by atomic mass is 9.50. The normalized spacial score (nSPS) is 35.9. The molecule has 0 heterocycles. The highest BCUT2D eigenvalue weighted by Gasteiger charge is 2.56. The fourth-order valence-electron chi connectivity index (χ4n) is 4.84.